The van der Waals surface area contributed by atoms with E-state index in [1.54, 1.807) is 7.05 Å². The van der Waals surface area contributed by atoms with E-state index in [1.807, 2.05) is 31.2 Å². The van der Waals surface area contributed by atoms with Gasteiger partial charge < -0.3 is 10.5 Å². The number of carbonyl (C=O) groups excluding carboxylic acids is 1. The number of nitrogens with two attached hydrogens (primary N) is 1. The van der Waals surface area contributed by atoms with Gasteiger partial charge in [0.05, 0.1) is 0 Å². The largest absolute Gasteiger partial charge is 0.490 e. The number of nitrogens with zero attached hydrogens (tertiary/aromatic N) is 2. The van der Waals surface area contributed by atoms with Crippen molar-refractivity contribution < 1.29 is 9.53 Å². The summed E-state index contributed by atoms with van der Waals surface area (Å²) in [6.07, 6.45) is 6.83. The monoisotopic (exact) mass is 329 g/mol. The Morgan fingerprint density at radius 3 is 2.50 bits per heavy atom. The molecule has 130 valence electrons. The lowest BCUT2D eigenvalue weighted by Crippen LogP contribution is -2.47. The van der Waals surface area contributed by atoms with Gasteiger partial charge in [-0.05, 0) is 31.4 Å². The zero-order valence-electron chi connectivity index (χ0n) is 14.6. The molecule has 1 heterocycles. The zero-order valence-corrected chi connectivity index (χ0v) is 14.6. The van der Waals surface area contributed by atoms with Crippen molar-refractivity contribution in [1.29, 1.82) is 0 Å². The Balaban J connectivity index is 1.77. The molecule has 0 saturated heterocycles. The molecule has 0 bridgehead atoms. The van der Waals surface area contributed by atoms with Crippen molar-refractivity contribution in [2.75, 3.05) is 13.7 Å². The maximum absolute atomic E-state index is 12.8. The van der Waals surface area contributed by atoms with Crippen LogP contribution in [0.4, 0.5) is 0 Å². The quantitative estimate of drug-likeness (QED) is 0.903. The number of benzene rings is 1. The molecule has 1 saturated carbocycles. The highest BCUT2D eigenvalue weighted by atomic mass is 16.5. The Bertz CT molecular complexity index is 620. The predicted octanol–water partition coefficient (Wildman–Crippen LogP) is 2.87. The second-order valence-electron chi connectivity index (χ2n) is 7.18. The third-order valence-electron chi connectivity index (χ3n) is 5.22. The number of aryl methyl sites for hydroxylation is 1. The van der Waals surface area contributed by atoms with E-state index in [0.29, 0.717) is 11.9 Å². The fourth-order valence-electron chi connectivity index (χ4n) is 3.75. The minimum absolute atomic E-state index is 0.0438. The van der Waals surface area contributed by atoms with E-state index in [-0.39, 0.29) is 12.5 Å². The maximum Gasteiger partial charge on any atom is 0.260 e. The van der Waals surface area contributed by atoms with Gasteiger partial charge in [-0.2, -0.15) is 0 Å². The van der Waals surface area contributed by atoms with Crippen LogP contribution in [0.2, 0.25) is 0 Å². The summed E-state index contributed by atoms with van der Waals surface area (Å²) < 4.78 is 5.95. The number of carbonyl (C=O) groups is 1. The Labute approximate surface area is 143 Å². The van der Waals surface area contributed by atoms with Crippen LogP contribution in [0, 0.1) is 12.8 Å². The highest BCUT2D eigenvalue weighted by molar-refractivity contribution is 6.06. The molecule has 1 aromatic carbocycles. The molecule has 5 heteroatoms. The first-order valence-corrected chi connectivity index (χ1v) is 8.83. The van der Waals surface area contributed by atoms with Crippen LogP contribution in [0.15, 0.2) is 29.3 Å². The lowest BCUT2D eigenvalue weighted by atomic mass is 9.79. The first-order valence-electron chi connectivity index (χ1n) is 8.83. The van der Waals surface area contributed by atoms with Crippen LogP contribution in [0.5, 0.6) is 5.75 Å². The molecule has 0 spiro atoms. The zero-order chi connectivity index (χ0) is 17.2. The minimum atomic E-state index is -0.869. The summed E-state index contributed by atoms with van der Waals surface area (Å²) in [6, 6.07) is 7.87. The minimum Gasteiger partial charge on any atom is -0.490 e. The van der Waals surface area contributed by atoms with Gasteiger partial charge in [0, 0.05) is 7.05 Å². The van der Waals surface area contributed by atoms with E-state index in [2.05, 4.69) is 4.99 Å². The first-order chi connectivity index (χ1) is 11.5. The number of rotatable bonds is 5. The average Bonchev–Trinajstić information content (AvgIpc) is 2.80. The summed E-state index contributed by atoms with van der Waals surface area (Å²) in [5, 5.41) is 0. The molecule has 24 heavy (non-hydrogen) atoms. The molecule has 0 aromatic heterocycles. The summed E-state index contributed by atoms with van der Waals surface area (Å²) in [7, 11) is 1.69. The highest BCUT2D eigenvalue weighted by Crippen LogP contribution is 2.36. The van der Waals surface area contributed by atoms with Crippen molar-refractivity contribution in [1.82, 2.24) is 4.90 Å². The number of aliphatic imine (C=N–C) groups is 1. The second kappa shape index (κ2) is 6.83. The van der Waals surface area contributed by atoms with Gasteiger partial charge >= 0.3 is 0 Å². The van der Waals surface area contributed by atoms with Gasteiger partial charge in [-0.1, -0.05) is 49.8 Å². The van der Waals surface area contributed by atoms with Crippen LogP contribution in [-0.4, -0.2) is 36.0 Å². The molecule has 1 aromatic rings. The molecule has 0 radical (unpaired) electrons. The Morgan fingerprint density at radius 1 is 1.25 bits per heavy atom. The van der Waals surface area contributed by atoms with Crippen LogP contribution in [0.25, 0.3) is 0 Å². The predicted molar refractivity (Wildman–Crippen MR) is 95.0 cm³/mol. The van der Waals surface area contributed by atoms with E-state index in [0.717, 1.165) is 12.2 Å². The van der Waals surface area contributed by atoms with Gasteiger partial charge in [-0.3, -0.25) is 9.69 Å². The van der Waals surface area contributed by atoms with E-state index >= 15 is 0 Å². The molecule has 2 N–H and O–H groups in total. The molecule has 2 aliphatic rings. The van der Waals surface area contributed by atoms with Gasteiger partial charge in [0.25, 0.3) is 5.91 Å². The maximum atomic E-state index is 12.8. The lowest BCUT2D eigenvalue weighted by Gasteiger charge is -2.31. The second-order valence-corrected chi connectivity index (χ2v) is 7.18. The van der Waals surface area contributed by atoms with Gasteiger partial charge in [-0.25, -0.2) is 4.99 Å². The van der Waals surface area contributed by atoms with Crippen LogP contribution < -0.4 is 10.5 Å². The van der Waals surface area contributed by atoms with E-state index in [4.69, 9.17) is 10.5 Å². The summed E-state index contributed by atoms with van der Waals surface area (Å²) >= 11 is 0. The van der Waals surface area contributed by atoms with Crippen molar-refractivity contribution in [2.24, 2.45) is 16.6 Å². The third-order valence-corrected chi connectivity index (χ3v) is 5.22. The topological polar surface area (TPSA) is 67.9 Å². The average molecular weight is 329 g/mol. The van der Waals surface area contributed by atoms with E-state index < -0.39 is 5.54 Å². The third kappa shape index (κ3) is 3.40. The molecule has 5 nitrogen and oxygen atoms in total. The van der Waals surface area contributed by atoms with Crippen molar-refractivity contribution in [3.63, 3.8) is 0 Å². The van der Waals surface area contributed by atoms with E-state index in [9.17, 15) is 4.79 Å². The molecular formula is C19H27N3O2. The summed E-state index contributed by atoms with van der Waals surface area (Å²) in [6.45, 7) is 2.28. The molecule has 1 fully saturated rings. The SMILES string of the molecule is Cc1ccc(OCC2(CC3CCCCC3)N=C(N)N(C)C2=O)cc1. The van der Waals surface area contributed by atoms with Crippen LogP contribution in [0.1, 0.15) is 44.1 Å². The van der Waals surface area contributed by atoms with Crippen molar-refractivity contribution in [3.8, 4) is 5.75 Å². The lowest BCUT2D eigenvalue weighted by molar-refractivity contribution is -0.132. The van der Waals surface area contributed by atoms with Crippen LogP contribution in [-0.2, 0) is 4.79 Å². The number of amides is 1. The summed E-state index contributed by atoms with van der Waals surface area (Å²) in [5.74, 6) is 1.54. The first kappa shape index (κ1) is 16.8. The summed E-state index contributed by atoms with van der Waals surface area (Å²) in [4.78, 5) is 18.9. The Kier molecular flexibility index (Phi) is 4.78. The Morgan fingerprint density at radius 2 is 1.92 bits per heavy atom. The molecule has 1 unspecified atom stereocenters. The van der Waals surface area contributed by atoms with Crippen molar-refractivity contribution in [2.45, 2.75) is 51.0 Å². The number of guanidine groups is 1. The van der Waals surface area contributed by atoms with Crippen molar-refractivity contribution in [3.05, 3.63) is 29.8 Å². The van der Waals surface area contributed by atoms with Crippen LogP contribution >= 0.6 is 0 Å². The highest BCUT2D eigenvalue weighted by Gasteiger charge is 2.48. The van der Waals surface area contributed by atoms with Crippen molar-refractivity contribution >= 4 is 11.9 Å². The van der Waals surface area contributed by atoms with Gasteiger partial charge in [-0.15, -0.1) is 0 Å². The fourth-order valence-corrected chi connectivity index (χ4v) is 3.75. The molecule has 1 atom stereocenters. The molecular weight excluding hydrogens is 302 g/mol. The van der Waals surface area contributed by atoms with Gasteiger partial charge in [0.15, 0.2) is 11.5 Å². The molecule has 1 amide bonds. The summed E-state index contributed by atoms with van der Waals surface area (Å²) in [5.41, 5.74) is 6.25. The standard InChI is InChI=1S/C19H27N3O2/c1-14-8-10-16(11-9-14)24-13-19(12-15-6-4-3-5-7-15)17(23)22(2)18(20)21-19/h8-11,15H,3-7,12-13H2,1-2H3,(H2,20,21). The fraction of sp³-hybridized carbons (Fsp3) is 0.579. The van der Waals surface area contributed by atoms with E-state index in [1.165, 1.54) is 42.6 Å². The number of hydrogen-bond donors (Lipinski definition) is 1. The normalized spacial score (nSPS) is 25.0. The molecule has 1 aliphatic carbocycles. The smallest absolute Gasteiger partial charge is 0.260 e. The van der Waals surface area contributed by atoms with Gasteiger partial charge in [0.2, 0.25) is 0 Å². The van der Waals surface area contributed by atoms with Gasteiger partial charge in [0.1, 0.15) is 12.4 Å². The number of ether oxygens (including phenoxy) is 1. The molecule has 3 rings (SSSR count). The molecule has 1 aliphatic heterocycles. The van der Waals surface area contributed by atoms with Crippen LogP contribution in [0.3, 0.4) is 0 Å². The Hall–Kier alpha value is -2.04. The number of hydrogen-bond acceptors (Lipinski definition) is 4. The number of likely N-dealkylation sites (N-methyl/N-ethyl adjacent to an activating group) is 1.